The van der Waals surface area contributed by atoms with E-state index in [-0.39, 0.29) is 0 Å². The lowest BCUT2D eigenvalue weighted by molar-refractivity contribution is 1.47. The Hall–Kier alpha value is -0.490. The van der Waals surface area contributed by atoms with Crippen LogP contribution in [0, 0.1) is 6.92 Å². The Balaban J connectivity index is -0.0000000771. The Morgan fingerprint density at radius 2 is 1.00 bits per heavy atom. The maximum Gasteiger partial charge on any atom is 0.0435 e. The highest BCUT2D eigenvalue weighted by atomic mass is 35.5. The minimum absolute atomic E-state index is 0.840. The van der Waals surface area contributed by atoms with E-state index in [1.54, 1.807) is 0 Å². The predicted octanol–water partition coefficient (Wildman–Crippen LogP) is 6.75. The molecule has 0 saturated carbocycles. The number of hydrogen-bond donors (Lipinski definition) is 0. The van der Waals surface area contributed by atoms with Crippen molar-refractivity contribution in [1.29, 1.82) is 0 Å². The molecule has 1 aromatic rings. The van der Waals surface area contributed by atoms with Gasteiger partial charge in [-0.1, -0.05) is 85.2 Å². The summed E-state index contributed by atoms with van der Waals surface area (Å²) >= 11 is 5.71. The van der Waals surface area contributed by atoms with E-state index in [2.05, 4.69) is 0 Å². The maximum absolute atomic E-state index is 5.71. The third-order valence-electron chi connectivity index (χ3n) is 1.08. The van der Waals surface area contributed by atoms with E-state index in [4.69, 9.17) is 11.6 Å². The van der Waals surface area contributed by atoms with E-state index in [9.17, 15) is 0 Å². The lowest BCUT2D eigenvalue weighted by Crippen LogP contribution is -1.68. The standard InChI is InChI=1S/C7H7Cl.4C2H6/c1-6-4-2-3-5-7(6)8;4*1-2/h2-5H,1H3;4*1-2H3. The van der Waals surface area contributed by atoms with Crippen LogP contribution >= 0.6 is 11.6 Å². The molecular weight excluding hydrogens is 216 g/mol. The van der Waals surface area contributed by atoms with E-state index in [0.717, 1.165) is 10.6 Å². The summed E-state index contributed by atoms with van der Waals surface area (Å²) in [6.07, 6.45) is 0. The van der Waals surface area contributed by atoms with Crippen LogP contribution in [0.25, 0.3) is 0 Å². The van der Waals surface area contributed by atoms with Gasteiger partial charge in [0.25, 0.3) is 0 Å². The Labute approximate surface area is 109 Å². The molecule has 1 aromatic carbocycles. The summed E-state index contributed by atoms with van der Waals surface area (Å²) in [5, 5.41) is 0.840. The second kappa shape index (κ2) is 29.3. The minimum atomic E-state index is 0.840. The summed E-state index contributed by atoms with van der Waals surface area (Å²) in [6.45, 7) is 18.0. The van der Waals surface area contributed by atoms with Crippen LogP contribution in [0.4, 0.5) is 0 Å². The molecule has 0 aliphatic carbocycles. The van der Waals surface area contributed by atoms with Crippen molar-refractivity contribution in [3.63, 3.8) is 0 Å². The lowest BCUT2D eigenvalue weighted by atomic mass is 10.2. The van der Waals surface area contributed by atoms with Crippen molar-refractivity contribution in [3.8, 4) is 0 Å². The van der Waals surface area contributed by atoms with Crippen LogP contribution < -0.4 is 0 Å². The van der Waals surface area contributed by atoms with Gasteiger partial charge < -0.3 is 0 Å². The van der Waals surface area contributed by atoms with Gasteiger partial charge in [-0.3, -0.25) is 0 Å². The molecular formula is C15H31Cl. The van der Waals surface area contributed by atoms with Gasteiger partial charge in [0, 0.05) is 5.02 Å². The van der Waals surface area contributed by atoms with Gasteiger partial charge >= 0.3 is 0 Å². The van der Waals surface area contributed by atoms with Crippen LogP contribution in [0.2, 0.25) is 5.02 Å². The fraction of sp³-hybridized carbons (Fsp3) is 0.600. The average Bonchev–Trinajstić information content (AvgIpc) is 2.42. The van der Waals surface area contributed by atoms with E-state index >= 15 is 0 Å². The van der Waals surface area contributed by atoms with Crippen molar-refractivity contribution in [2.75, 3.05) is 0 Å². The average molecular weight is 247 g/mol. The second-order valence-corrected chi connectivity index (χ2v) is 2.16. The zero-order valence-electron chi connectivity index (χ0n) is 12.7. The van der Waals surface area contributed by atoms with Crippen molar-refractivity contribution in [2.24, 2.45) is 0 Å². The zero-order chi connectivity index (χ0) is 14.0. The monoisotopic (exact) mass is 246 g/mol. The van der Waals surface area contributed by atoms with E-state index in [1.165, 1.54) is 0 Å². The number of aryl methyl sites for hydroxylation is 1. The molecule has 1 heteroatoms. The Kier molecular flexibility index (Phi) is 45.1. The van der Waals surface area contributed by atoms with Crippen LogP contribution in [0.3, 0.4) is 0 Å². The first-order valence-corrected chi connectivity index (χ1v) is 6.89. The second-order valence-electron chi connectivity index (χ2n) is 1.75. The summed E-state index contributed by atoms with van der Waals surface area (Å²) in [6, 6.07) is 7.77. The highest BCUT2D eigenvalue weighted by molar-refractivity contribution is 6.31. The lowest BCUT2D eigenvalue weighted by Gasteiger charge is -1.90. The first-order chi connectivity index (χ1) is 7.80. The van der Waals surface area contributed by atoms with Crippen LogP contribution in [-0.2, 0) is 0 Å². The fourth-order valence-corrected chi connectivity index (χ4v) is 0.687. The molecule has 0 unspecified atom stereocenters. The molecule has 0 amide bonds. The summed E-state index contributed by atoms with van der Waals surface area (Å²) in [5.41, 5.74) is 1.13. The highest BCUT2D eigenvalue weighted by Crippen LogP contribution is 2.11. The fourth-order valence-electron chi connectivity index (χ4n) is 0.551. The van der Waals surface area contributed by atoms with Crippen LogP contribution in [-0.4, -0.2) is 0 Å². The Morgan fingerprint density at radius 1 is 0.688 bits per heavy atom. The molecule has 0 saturated heterocycles. The first-order valence-electron chi connectivity index (χ1n) is 6.52. The molecule has 0 aliphatic heterocycles. The van der Waals surface area contributed by atoms with E-state index in [1.807, 2.05) is 86.6 Å². The molecule has 16 heavy (non-hydrogen) atoms. The van der Waals surface area contributed by atoms with Crippen molar-refractivity contribution in [1.82, 2.24) is 0 Å². The molecule has 0 fully saturated rings. The van der Waals surface area contributed by atoms with Gasteiger partial charge in [-0.2, -0.15) is 0 Å². The first kappa shape index (κ1) is 24.6. The van der Waals surface area contributed by atoms with Gasteiger partial charge in [-0.15, -0.1) is 0 Å². The number of benzene rings is 1. The molecule has 1 rings (SSSR count). The van der Waals surface area contributed by atoms with Crippen molar-refractivity contribution >= 4 is 11.6 Å². The third kappa shape index (κ3) is 19.1. The van der Waals surface area contributed by atoms with Crippen molar-refractivity contribution < 1.29 is 0 Å². The molecule has 0 spiro atoms. The van der Waals surface area contributed by atoms with Gasteiger partial charge in [0.1, 0.15) is 0 Å². The topological polar surface area (TPSA) is 0 Å². The molecule has 0 nitrogen and oxygen atoms in total. The SMILES string of the molecule is CC.CC.CC.CC.Cc1ccccc1Cl. The largest absolute Gasteiger partial charge is 0.0841 e. The molecule has 0 aliphatic rings. The summed E-state index contributed by atoms with van der Waals surface area (Å²) in [7, 11) is 0. The van der Waals surface area contributed by atoms with Crippen molar-refractivity contribution in [2.45, 2.75) is 62.3 Å². The molecule has 0 heterocycles. The van der Waals surface area contributed by atoms with Crippen LogP contribution in [0.1, 0.15) is 61.0 Å². The molecule has 0 aromatic heterocycles. The smallest absolute Gasteiger partial charge is 0.0435 e. The molecule has 0 radical (unpaired) electrons. The number of rotatable bonds is 0. The highest BCUT2D eigenvalue weighted by Gasteiger charge is 1.86. The van der Waals surface area contributed by atoms with Crippen molar-refractivity contribution in [3.05, 3.63) is 34.9 Å². The van der Waals surface area contributed by atoms with Gasteiger partial charge in [0.05, 0.1) is 0 Å². The third-order valence-corrected chi connectivity index (χ3v) is 1.50. The van der Waals surface area contributed by atoms with E-state index in [0.29, 0.717) is 0 Å². The normalized spacial score (nSPS) is 6.12. The summed E-state index contributed by atoms with van der Waals surface area (Å²) in [5.74, 6) is 0. The van der Waals surface area contributed by atoms with Gasteiger partial charge in [0.15, 0.2) is 0 Å². The molecule has 0 bridgehead atoms. The van der Waals surface area contributed by atoms with Gasteiger partial charge in [-0.05, 0) is 18.6 Å². The zero-order valence-corrected chi connectivity index (χ0v) is 13.4. The van der Waals surface area contributed by atoms with Crippen LogP contribution in [0.5, 0.6) is 0 Å². The number of hydrogen-bond acceptors (Lipinski definition) is 0. The van der Waals surface area contributed by atoms with E-state index < -0.39 is 0 Å². The molecule has 0 atom stereocenters. The Bertz CT molecular complexity index is 162. The molecule has 0 N–H and O–H groups in total. The van der Waals surface area contributed by atoms with Gasteiger partial charge in [-0.25, -0.2) is 0 Å². The van der Waals surface area contributed by atoms with Gasteiger partial charge in [0.2, 0.25) is 0 Å². The summed E-state index contributed by atoms with van der Waals surface area (Å²) in [4.78, 5) is 0. The predicted molar refractivity (Wildman–Crippen MR) is 81.6 cm³/mol. The van der Waals surface area contributed by atoms with Crippen LogP contribution in [0.15, 0.2) is 24.3 Å². The maximum atomic E-state index is 5.71. The molecule has 98 valence electrons. The quantitative estimate of drug-likeness (QED) is 0.475. The Morgan fingerprint density at radius 3 is 1.19 bits per heavy atom. The summed E-state index contributed by atoms with van der Waals surface area (Å²) < 4.78 is 0. The minimum Gasteiger partial charge on any atom is -0.0841 e. The number of halogens is 1.